The molecule has 0 saturated carbocycles. The van der Waals surface area contributed by atoms with E-state index in [1.165, 1.54) is 18.3 Å². The standard InChI is InChI=1S/C21H21N5O6S2/c1-5-31-18(29)14-10(3)23-20(33-14)25-16(27)12-7-8-13(22-9-12)17(28)26-21-24-11(4)15(34-21)19(30)32-6-2/h7-9H,5-6H2,1-4H3,(H,23,25,27)(H,24,26,28). The third-order valence-electron chi connectivity index (χ3n) is 4.21. The SMILES string of the molecule is CCOC(=O)c1sc(NC(=O)c2ccc(C(=O)Nc3nc(C)c(C(=O)OCC)s3)nc2)nc1C. The van der Waals surface area contributed by atoms with Crippen molar-refractivity contribution >= 4 is 56.7 Å². The van der Waals surface area contributed by atoms with Crippen LogP contribution in [0.2, 0.25) is 0 Å². The van der Waals surface area contributed by atoms with Gasteiger partial charge in [-0.2, -0.15) is 0 Å². The van der Waals surface area contributed by atoms with E-state index in [0.717, 1.165) is 22.7 Å². The van der Waals surface area contributed by atoms with Gasteiger partial charge >= 0.3 is 11.9 Å². The summed E-state index contributed by atoms with van der Waals surface area (Å²) in [5.74, 6) is -2.06. The number of amides is 2. The van der Waals surface area contributed by atoms with E-state index in [9.17, 15) is 19.2 Å². The molecule has 3 aromatic rings. The van der Waals surface area contributed by atoms with Crippen molar-refractivity contribution in [3.05, 3.63) is 50.7 Å². The highest BCUT2D eigenvalue weighted by molar-refractivity contribution is 7.18. The van der Waals surface area contributed by atoms with Gasteiger partial charge in [0, 0.05) is 6.20 Å². The predicted molar refractivity (Wildman–Crippen MR) is 126 cm³/mol. The number of carbonyl (C=O) groups excluding carboxylic acids is 4. The van der Waals surface area contributed by atoms with Crippen molar-refractivity contribution in [2.75, 3.05) is 23.8 Å². The van der Waals surface area contributed by atoms with Crippen molar-refractivity contribution < 1.29 is 28.7 Å². The minimum Gasteiger partial charge on any atom is -0.462 e. The third-order valence-corrected chi connectivity index (χ3v) is 6.32. The number of nitrogens with zero attached hydrogens (tertiary/aromatic N) is 3. The molecule has 0 spiro atoms. The van der Waals surface area contributed by atoms with Crippen LogP contribution in [0, 0.1) is 13.8 Å². The largest absolute Gasteiger partial charge is 0.462 e. The fourth-order valence-electron chi connectivity index (χ4n) is 2.66. The van der Waals surface area contributed by atoms with Gasteiger partial charge in [0.25, 0.3) is 11.8 Å². The molecule has 34 heavy (non-hydrogen) atoms. The number of carbonyl (C=O) groups is 4. The molecule has 3 heterocycles. The maximum atomic E-state index is 12.5. The summed E-state index contributed by atoms with van der Waals surface area (Å²) in [6, 6.07) is 2.81. The first-order valence-corrected chi connectivity index (χ1v) is 11.7. The second kappa shape index (κ2) is 10.9. The van der Waals surface area contributed by atoms with Crippen LogP contribution in [0.4, 0.5) is 10.3 Å². The summed E-state index contributed by atoms with van der Waals surface area (Å²) in [6.07, 6.45) is 1.24. The summed E-state index contributed by atoms with van der Waals surface area (Å²) in [6.45, 7) is 7.16. The third kappa shape index (κ3) is 5.80. The van der Waals surface area contributed by atoms with Gasteiger partial charge in [-0.3, -0.25) is 25.2 Å². The number of aryl methyl sites for hydroxylation is 2. The van der Waals surface area contributed by atoms with Crippen LogP contribution >= 0.6 is 22.7 Å². The van der Waals surface area contributed by atoms with E-state index in [1.54, 1.807) is 27.7 Å². The molecule has 0 aromatic carbocycles. The fraction of sp³-hybridized carbons (Fsp3) is 0.286. The lowest BCUT2D eigenvalue weighted by molar-refractivity contribution is 0.0521. The predicted octanol–water partition coefficient (Wildman–Crippen LogP) is 3.47. The summed E-state index contributed by atoms with van der Waals surface area (Å²) in [7, 11) is 0. The van der Waals surface area contributed by atoms with Crippen molar-refractivity contribution in [3.63, 3.8) is 0 Å². The van der Waals surface area contributed by atoms with Crippen molar-refractivity contribution in [1.82, 2.24) is 15.0 Å². The van der Waals surface area contributed by atoms with E-state index in [2.05, 4.69) is 25.6 Å². The number of anilines is 2. The number of aromatic nitrogens is 3. The zero-order chi connectivity index (χ0) is 24.8. The van der Waals surface area contributed by atoms with Gasteiger partial charge in [0.15, 0.2) is 10.3 Å². The van der Waals surface area contributed by atoms with E-state index >= 15 is 0 Å². The number of esters is 2. The van der Waals surface area contributed by atoms with Gasteiger partial charge in [0.05, 0.1) is 30.2 Å². The Balaban J connectivity index is 1.65. The Bertz CT molecular complexity index is 1140. The molecule has 3 aromatic heterocycles. The van der Waals surface area contributed by atoms with E-state index in [-0.39, 0.29) is 34.7 Å². The Morgan fingerprint density at radius 2 is 1.32 bits per heavy atom. The molecule has 0 radical (unpaired) electrons. The van der Waals surface area contributed by atoms with E-state index in [4.69, 9.17) is 9.47 Å². The summed E-state index contributed by atoms with van der Waals surface area (Å²) in [4.78, 5) is 61.8. The van der Waals surface area contributed by atoms with Crippen molar-refractivity contribution in [1.29, 1.82) is 0 Å². The fourth-order valence-corrected chi connectivity index (χ4v) is 4.38. The molecule has 0 aliphatic heterocycles. The lowest BCUT2D eigenvalue weighted by atomic mass is 10.2. The van der Waals surface area contributed by atoms with E-state index in [0.29, 0.717) is 21.1 Å². The van der Waals surface area contributed by atoms with Gasteiger partial charge < -0.3 is 9.47 Å². The first-order valence-electron chi connectivity index (χ1n) is 10.1. The Kier molecular flexibility index (Phi) is 8.02. The molecule has 0 unspecified atom stereocenters. The van der Waals surface area contributed by atoms with Gasteiger partial charge in [-0.05, 0) is 39.8 Å². The summed E-state index contributed by atoms with van der Waals surface area (Å²) in [5.41, 5.74) is 1.14. The Morgan fingerprint density at radius 3 is 1.76 bits per heavy atom. The maximum Gasteiger partial charge on any atom is 0.350 e. The minimum absolute atomic E-state index is 0.0526. The van der Waals surface area contributed by atoms with E-state index in [1.807, 2.05) is 0 Å². The number of hydrogen-bond acceptors (Lipinski definition) is 11. The Labute approximate surface area is 202 Å². The summed E-state index contributed by atoms with van der Waals surface area (Å²) in [5, 5.41) is 5.65. The molecule has 11 nitrogen and oxygen atoms in total. The highest BCUT2D eigenvalue weighted by atomic mass is 32.1. The highest BCUT2D eigenvalue weighted by Crippen LogP contribution is 2.25. The second-order valence-corrected chi connectivity index (χ2v) is 8.65. The second-order valence-electron chi connectivity index (χ2n) is 6.65. The molecule has 2 N–H and O–H groups in total. The lowest BCUT2D eigenvalue weighted by Gasteiger charge is -2.04. The van der Waals surface area contributed by atoms with Crippen LogP contribution < -0.4 is 10.6 Å². The van der Waals surface area contributed by atoms with Crippen molar-refractivity contribution in [2.24, 2.45) is 0 Å². The number of ether oxygens (including phenoxy) is 2. The van der Waals surface area contributed by atoms with Crippen LogP contribution in [-0.2, 0) is 9.47 Å². The molecule has 13 heteroatoms. The first kappa shape index (κ1) is 24.9. The molecule has 0 aliphatic carbocycles. The smallest absolute Gasteiger partial charge is 0.350 e. The number of rotatable bonds is 8. The van der Waals surface area contributed by atoms with Crippen LogP contribution in [0.15, 0.2) is 18.3 Å². The highest BCUT2D eigenvalue weighted by Gasteiger charge is 2.20. The van der Waals surface area contributed by atoms with Gasteiger partial charge in [-0.25, -0.2) is 19.6 Å². The number of pyridine rings is 1. The molecule has 178 valence electrons. The maximum absolute atomic E-state index is 12.5. The molecule has 0 bridgehead atoms. The van der Waals surface area contributed by atoms with Crippen LogP contribution in [0.3, 0.4) is 0 Å². The Hall–Kier alpha value is -3.71. The van der Waals surface area contributed by atoms with Crippen LogP contribution in [0.25, 0.3) is 0 Å². The number of nitrogens with one attached hydrogen (secondary N) is 2. The molecule has 0 aliphatic rings. The number of hydrogen-bond donors (Lipinski definition) is 2. The normalized spacial score (nSPS) is 10.5. The molecular formula is C21H21N5O6S2. The average Bonchev–Trinajstić information content (AvgIpc) is 3.35. The molecule has 0 saturated heterocycles. The van der Waals surface area contributed by atoms with Gasteiger partial charge in [-0.1, -0.05) is 22.7 Å². The molecule has 0 fully saturated rings. The molecule has 2 amide bonds. The zero-order valence-corrected chi connectivity index (χ0v) is 20.4. The Morgan fingerprint density at radius 1 is 0.824 bits per heavy atom. The topological polar surface area (TPSA) is 149 Å². The van der Waals surface area contributed by atoms with Crippen LogP contribution in [0.1, 0.15) is 65.4 Å². The summed E-state index contributed by atoms with van der Waals surface area (Å²) >= 11 is 2.01. The quantitative estimate of drug-likeness (QED) is 0.441. The first-order chi connectivity index (χ1) is 16.2. The van der Waals surface area contributed by atoms with Crippen LogP contribution in [-0.4, -0.2) is 51.9 Å². The monoisotopic (exact) mass is 503 g/mol. The number of thiazole rings is 2. The zero-order valence-electron chi connectivity index (χ0n) is 18.8. The van der Waals surface area contributed by atoms with Gasteiger partial charge in [0.2, 0.25) is 0 Å². The average molecular weight is 504 g/mol. The van der Waals surface area contributed by atoms with Gasteiger partial charge in [-0.15, -0.1) is 0 Å². The molecule has 0 atom stereocenters. The van der Waals surface area contributed by atoms with Gasteiger partial charge in [0.1, 0.15) is 15.4 Å². The minimum atomic E-state index is -0.550. The lowest BCUT2D eigenvalue weighted by Crippen LogP contribution is -2.16. The van der Waals surface area contributed by atoms with Crippen LogP contribution in [0.5, 0.6) is 0 Å². The molecule has 3 rings (SSSR count). The van der Waals surface area contributed by atoms with E-state index < -0.39 is 23.8 Å². The molecular weight excluding hydrogens is 482 g/mol. The van der Waals surface area contributed by atoms with Crippen molar-refractivity contribution in [2.45, 2.75) is 27.7 Å². The van der Waals surface area contributed by atoms with Crippen molar-refractivity contribution in [3.8, 4) is 0 Å². The summed E-state index contributed by atoms with van der Waals surface area (Å²) < 4.78 is 9.93.